The van der Waals surface area contributed by atoms with Crippen LogP contribution in [0, 0.1) is 5.92 Å². The van der Waals surface area contributed by atoms with E-state index >= 15 is 0 Å². The molecule has 0 aromatic carbocycles. The van der Waals surface area contributed by atoms with Gasteiger partial charge in [-0.15, -0.1) is 5.10 Å². The van der Waals surface area contributed by atoms with E-state index in [0.717, 1.165) is 25.1 Å². The van der Waals surface area contributed by atoms with Crippen LogP contribution in [0.15, 0.2) is 4.60 Å². The molecule has 1 aliphatic rings. The third-order valence-corrected chi connectivity index (χ3v) is 3.31. The summed E-state index contributed by atoms with van der Waals surface area (Å²) < 4.78 is 7.57. The molecular formula is C9H14BrN3O2. The van der Waals surface area contributed by atoms with Gasteiger partial charge in [-0.05, 0) is 28.8 Å². The minimum Gasteiger partial charge on any atom is -0.386 e. The van der Waals surface area contributed by atoms with Crippen LogP contribution in [0.1, 0.15) is 24.6 Å². The van der Waals surface area contributed by atoms with Crippen molar-refractivity contribution in [2.45, 2.75) is 18.9 Å². The van der Waals surface area contributed by atoms with Gasteiger partial charge >= 0.3 is 0 Å². The Morgan fingerprint density at radius 2 is 2.47 bits per heavy atom. The SMILES string of the molecule is Cn1nnc(Br)c1C(O)C1CCCOC1. The predicted octanol–water partition coefficient (Wildman–Crippen LogP) is 1.04. The largest absolute Gasteiger partial charge is 0.386 e. The van der Waals surface area contributed by atoms with Gasteiger partial charge in [0.1, 0.15) is 11.8 Å². The summed E-state index contributed by atoms with van der Waals surface area (Å²) in [7, 11) is 1.78. The highest BCUT2D eigenvalue weighted by Gasteiger charge is 2.28. The zero-order chi connectivity index (χ0) is 10.8. The van der Waals surface area contributed by atoms with Crippen molar-refractivity contribution >= 4 is 15.9 Å². The molecule has 1 fully saturated rings. The molecule has 5 nitrogen and oxygen atoms in total. The zero-order valence-electron chi connectivity index (χ0n) is 8.56. The lowest BCUT2D eigenvalue weighted by molar-refractivity contribution is -0.0131. The normalized spacial score (nSPS) is 24.1. The third-order valence-electron chi connectivity index (χ3n) is 2.75. The molecule has 0 bridgehead atoms. The van der Waals surface area contributed by atoms with Gasteiger partial charge in [0.2, 0.25) is 0 Å². The summed E-state index contributed by atoms with van der Waals surface area (Å²) in [4.78, 5) is 0. The van der Waals surface area contributed by atoms with Gasteiger partial charge in [-0.2, -0.15) is 0 Å². The van der Waals surface area contributed by atoms with E-state index in [1.54, 1.807) is 11.7 Å². The standard InChI is InChI=1S/C9H14BrN3O2/c1-13-7(9(10)11-12-13)8(14)6-3-2-4-15-5-6/h6,8,14H,2-5H2,1H3. The molecule has 2 atom stereocenters. The predicted molar refractivity (Wildman–Crippen MR) is 57.2 cm³/mol. The minimum atomic E-state index is -0.556. The Bertz CT molecular complexity index is 317. The number of aryl methyl sites for hydroxylation is 1. The Balaban J connectivity index is 2.15. The number of hydrogen-bond acceptors (Lipinski definition) is 4. The van der Waals surface area contributed by atoms with Crippen LogP contribution in [0.25, 0.3) is 0 Å². The fourth-order valence-electron chi connectivity index (χ4n) is 1.89. The van der Waals surface area contributed by atoms with Crippen molar-refractivity contribution in [3.63, 3.8) is 0 Å². The highest BCUT2D eigenvalue weighted by Crippen LogP contribution is 2.31. The van der Waals surface area contributed by atoms with Gasteiger partial charge in [-0.1, -0.05) is 5.21 Å². The maximum atomic E-state index is 10.2. The molecule has 1 aromatic heterocycles. The number of aliphatic hydroxyl groups is 1. The van der Waals surface area contributed by atoms with E-state index in [9.17, 15) is 5.11 Å². The Morgan fingerprint density at radius 3 is 3.00 bits per heavy atom. The van der Waals surface area contributed by atoms with Crippen LogP contribution >= 0.6 is 15.9 Å². The molecule has 0 saturated carbocycles. The van der Waals surface area contributed by atoms with E-state index < -0.39 is 6.10 Å². The molecule has 84 valence electrons. The third kappa shape index (κ3) is 2.21. The van der Waals surface area contributed by atoms with E-state index in [4.69, 9.17) is 4.74 Å². The molecule has 0 spiro atoms. The fraction of sp³-hybridized carbons (Fsp3) is 0.778. The molecule has 2 heterocycles. The first-order valence-electron chi connectivity index (χ1n) is 5.01. The minimum absolute atomic E-state index is 0.146. The van der Waals surface area contributed by atoms with Gasteiger partial charge in [-0.25, -0.2) is 4.68 Å². The number of hydrogen-bond donors (Lipinski definition) is 1. The average Bonchev–Trinajstić information content (AvgIpc) is 2.59. The molecule has 2 unspecified atom stereocenters. The second kappa shape index (κ2) is 4.59. The number of aromatic nitrogens is 3. The second-order valence-corrected chi connectivity index (χ2v) is 4.56. The summed E-state index contributed by atoms with van der Waals surface area (Å²) in [6, 6.07) is 0. The van der Waals surface area contributed by atoms with Crippen molar-refractivity contribution < 1.29 is 9.84 Å². The monoisotopic (exact) mass is 275 g/mol. The topological polar surface area (TPSA) is 60.2 Å². The number of rotatable bonds is 2. The van der Waals surface area contributed by atoms with Crippen LogP contribution in [-0.4, -0.2) is 33.3 Å². The van der Waals surface area contributed by atoms with Crippen molar-refractivity contribution in [2.75, 3.05) is 13.2 Å². The number of aliphatic hydroxyl groups excluding tert-OH is 1. The summed E-state index contributed by atoms with van der Waals surface area (Å²) in [5.41, 5.74) is 0.727. The molecule has 0 aliphatic carbocycles. The van der Waals surface area contributed by atoms with Crippen LogP contribution in [0.3, 0.4) is 0 Å². The summed E-state index contributed by atoms with van der Waals surface area (Å²) in [5, 5.41) is 17.9. The van der Waals surface area contributed by atoms with E-state index in [2.05, 4.69) is 26.2 Å². The van der Waals surface area contributed by atoms with Gasteiger partial charge in [-0.3, -0.25) is 0 Å². The molecular weight excluding hydrogens is 262 g/mol. The second-order valence-electron chi connectivity index (χ2n) is 3.81. The molecule has 1 saturated heterocycles. The maximum absolute atomic E-state index is 10.2. The van der Waals surface area contributed by atoms with Crippen LogP contribution in [0.4, 0.5) is 0 Å². The quantitative estimate of drug-likeness (QED) is 0.876. The lowest BCUT2D eigenvalue weighted by Crippen LogP contribution is -2.25. The maximum Gasteiger partial charge on any atom is 0.154 e. The summed E-state index contributed by atoms with van der Waals surface area (Å²) in [6.07, 6.45) is 1.43. The van der Waals surface area contributed by atoms with E-state index in [1.807, 2.05) is 0 Å². The van der Waals surface area contributed by atoms with Gasteiger partial charge in [0.25, 0.3) is 0 Å². The zero-order valence-corrected chi connectivity index (χ0v) is 10.1. The van der Waals surface area contributed by atoms with E-state index in [-0.39, 0.29) is 5.92 Å². The number of nitrogens with zero attached hydrogens (tertiary/aromatic N) is 3. The highest BCUT2D eigenvalue weighted by atomic mass is 79.9. The van der Waals surface area contributed by atoms with Crippen LogP contribution < -0.4 is 0 Å². The van der Waals surface area contributed by atoms with E-state index in [0.29, 0.717) is 11.2 Å². The van der Waals surface area contributed by atoms with Gasteiger partial charge in [0, 0.05) is 19.6 Å². The van der Waals surface area contributed by atoms with Crippen molar-refractivity contribution in [1.29, 1.82) is 0 Å². The number of halogens is 1. The van der Waals surface area contributed by atoms with Crippen LogP contribution in [0.2, 0.25) is 0 Å². The molecule has 1 aromatic rings. The average molecular weight is 276 g/mol. The van der Waals surface area contributed by atoms with E-state index in [1.165, 1.54) is 0 Å². The molecule has 2 rings (SSSR count). The van der Waals surface area contributed by atoms with Crippen LogP contribution in [-0.2, 0) is 11.8 Å². The first kappa shape index (κ1) is 11.0. The van der Waals surface area contributed by atoms with Crippen molar-refractivity contribution in [1.82, 2.24) is 15.0 Å². The Labute approximate surface area is 96.6 Å². The fourth-order valence-corrected chi connectivity index (χ4v) is 2.45. The lowest BCUT2D eigenvalue weighted by atomic mass is 9.94. The first-order chi connectivity index (χ1) is 7.20. The molecule has 1 N–H and O–H groups in total. The lowest BCUT2D eigenvalue weighted by Gasteiger charge is -2.26. The molecule has 0 amide bonds. The Hall–Kier alpha value is -0.460. The highest BCUT2D eigenvalue weighted by molar-refractivity contribution is 9.10. The summed E-state index contributed by atoms with van der Waals surface area (Å²) in [6.45, 7) is 1.41. The summed E-state index contributed by atoms with van der Waals surface area (Å²) in [5.74, 6) is 0.146. The van der Waals surface area contributed by atoms with Gasteiger partial charge in [0.15, 0.2) is 4.60 Å². The van der Waals surface area contributed by atoms with Crippen molar-refractivity contribution in [3.8, 4) is 0 Å². The first-order valence-corrected chi connectivity index (χ1v) is 5.80. The van der Waals surface area contributed by atoms with Crippen LogP contribution in [0.5, 0.6) is 0 Å². The van der Waals surface area contributed by atoms with Crippen molar-refractivity contribution in [3.05, 3.63) is 10.3 Å². The Kier molecular flexibility index (Phi) is 3.38. The molecule has 6 heteroatoms. The molecule has 0 radical (unpaired) electrons. The van der Waals surface area contributed by atoms with Gasteiger partial charge < -0.3 is 9.84 Å². The van der Waals surface area contributed by atoms with Gasteiger partial charge in [0.05, 0.1) is 6.61 Å². The molecule has 1 aliphatic heterocycles. The number of ether oxygens (including phenoxy) is 1. The molecule has 15 heavy (non-hydrogen) atoms. The van der Waals surface area contributed by atoms with Crippen molar-refractivity contribution in [2.24, 2.45) is 13.0 Å². The smallest absolute Gasteiger partial charge is 0.154 e. The Morgan fingerprint density at radius 1 is 1.67 bits per heavy atom. The summed E-state index contributed by atoms with van der Waals surface area (Å²) >= 11 is 3.29.